The maximum absolute atomic E-state index is 13.1. The smallest absolute Gasteiger partial charge is 0.373 e. The Hall–Kier alpha value is -1.81. The van der Waals surface area contributed by atoms with Crippen LogP contribution in [0.1, 0.15) is 10.6 Å². The zero-order chi connectivity index (χ0) is 12.4. The van der Waals surface area contributed by atoms with Crippen molar-refractivity contribution in [2.75, 3.05) is 7.11 Å². The summed E-state index contributed by atoms with van der Waals surface area (Å²) >= 11 is 5.72. The lowest BCUT2D eigenvalue weighted by Gasteiger charge is -1.99. The molecule has 0 unspecified atom stereocenters. The molecule has 0 saturated heterocycles. The Bertz CT molecular complexity index is 542. The molecular formula is C12H8ClFO3. The maximum Gasteiger partial charge on any atom is 0.373 e. The number of esters is 1. The Morgan fingerprint density at radius 3 is 2.76 bits per heavy atom. The van der Waals surface area contributed by atoms with E-state index in [1.165, 1.54) is 25.3 Å². The summed E-state index contributed by atoms with van der Waals surface area (Å²) in [6.45, 7) is 0. The van der Waals surface area contributed by atoms with E-state index in [-0.39, 0.29) is 10.8 Å². The Morgan fingerprint density at radius 2 is 2.12 bits per heavy atom. The van der Waals surface area contributed by atoms with Gasteiger partial charge in [0.2, 0.25) is 5.76 Å². The quantitative estimate of drug-likeness (QED) is 0.770. The molecule has 2 rings (SSSR count). The van der Waals surface area contributed by atoms with Crippen LogP contribution in [0.3, 0.4) is 0 Å². The number of hydrogen-bond acceptors (Lipinski definition) is 3. The molecule has 0 atom stereocenters. The molecule has 88 valence electrons. The number of rotatable bonds is 2. The Balaban J connectivity index is 2.40. The third-order valence-electron chi connectivity index (χ3n) is 2.14. The van der Waals surface area contributed by atoms with Crippen LogP contribution in [0.4, 0.5) is 4.39 Å². The first-order valence-corrected chi connectivity index (χ1v) is 5.12. The van der Waals surface area contributed by atoms with E-state index in [1.54, 1.807) is 12.1 Å². The highest BCUT2D eigenvalue weighted by Crippen LogP contribution is 2.26. The largest absolute Gasteiger partial charge is 0.463 e. The van der Waals surface area contributed by atoms with E-state index in [2.05, 4.69) is 4.74 Å². The molecule has 0 amide bonds. The van der Waals surface area contributed by atoms with Crippen molar-refractivity contribution >= 4 is 17.6 Å². The molecule has 0 aliphatic carbocycles. The van der Waals surface area contributed by atoms with E-state index in [1.807, 2.05) is 0 Å². The van der Waals surface area contributed by atoms with Gasteiger partial charge in [-0.05, 0) is 30.3 Å². The molecule has 1 aromatic carbocycles. The number of halogens is 2. The van der Waals surface area contributed by atoms with E-state index in [0.29, 0.717) is 11.3 Å². The maximum atomic E-state index is 13.1. The lowest BCUT2D eigenvalue weighted by atomic mass is 10.2. The fourth-order valence-corrected chi connectivity index (χ4v) is 1.62. The number of hydrogen-bond donors (Lipinski definition) is 0. The van der Waals surface area contributed by atoms with Crippen LogP contribution >= 0.6 is 11.6 Å². The van der Waals surface area contributed by atoms with Crippen LogP contribution < -0.4 is 0 Å². The van der Waals surface area contributed by atoms with Crippen molar-refractivity contribution in [2.45, 2.75) is 0 Å². The Labute approximate surface area is 102 Å². The third-order valence-corrected chi connectivity index (χ3v) is 2.36. The normalized spacial score (nSPS) is 10.3. The molecule has 1 heterocycles. The Morgan fingerprint density at radius 1 is 1.35 bits per heavy atom. The fraction of sp³-hybridized carbons (Fsp3) is 0.0833. The van der Waals surface area contributed by atoms with Gasteiger partial charge in [0.1, 0.15) is 11.6 Å². The molecule has 0 N–H and O–H groups in total. The van der Waals surface area contributed by atoms with Crippen LogP contribution in [-0.2, 0) is 4.74 Å². The van der Waals surface area contributed by atoms with Gasteiger partial charge in [-0.2, -0.15) is 0 Å². The van der Waals surface area contributed by atoms with E-state index in [9.17, 15) is 9.18 Å². The van der Waals surface area contributed by atoms with E-state index >= 15 is 0 Å². The van der Waals surface area contributed by atoms with Gasteiger partial charge in [-0.3, -0.25) is 0 Å². The molecule has 2 aromatic rings. The highest BCUT2D eigenvalue weighted by molar-refractivity contribution is 6.30. The summed E-state index contributed by atoms with van der Waals surface area (Å²) in [5, 5.41) is 0.260. The van der Waals surface area contributed by atoms with E-state index in [0.717, 1.165) is 0 Å². The van der Waals surface area contributed by atoms with Crippen molar-refractivity contribution < 1.29 is 18.3 Å². The molecule has 0 aliphatic heterocycles. The van der Waals surface area contributed by atoms with Gasteiger partial charge in [-0.1, -0.05) is 11.6 Å². The first-order chi connectivity index (χ1) is 8.10. The zero-order valence-electron chi connectivity index (χ0n) is 8.87. The molecule has 5 heteroatoms. The lowest BCUT2D eigenvalue weighted by molar-refractivity contribution is 0.0566. The molecular weight excluding hydrogens is 247 g/mol. The van der Waals surface area contributed by atoms with Crippen LogP contribution in [-0.4, -0.2) is 13.1 Å². The average Bonchev–Trinajstić information content (AvgIpc) is 2.76. The predicted molar refractivity (Wildman–Crippen MR) is 60.5 cm³/mol. The first kappa shape index (κ1) is 11.7. The second-order valence-electron chi connectivity index (χ2n) is 3.31. The summed E-state index contributed by atoms with van der Waals surface area (Å²) in [4.78, 5) is 11.2. The van der Waals surface area contributed by atoms with Gasteiger partial charge < -0.3 is 9.15 Å². The summed E-state index contributed by atoms with van der Waals surface area (Å²) < 4.78 is 22.9. The zero-order valence-corrected chi connectivity index (χ0v) is 9.62. The van der Waals surface area contributed by atoms with Crippen LogP contribution in [0.25, 0.3) is 11.3 Å². The highest BCUT2D eigenvalue weighted by Gasteiger charge is 2.13. The van der Waals surface area contributed by atoms with Crippen LogP contribution in [0.15, 0.2) is 34.7 Å². The minimum absolute atomic E-state index is 0.0582. The predicted octanol–water partition coefficient (Wildman–Crippen LogP) is 3.53. The van der Waals surface area contributed by atoms with Crippen molar-refractivity contribution in [3.05, 3.63) is 46.9 Å². The monoisotopic (exact) mass is 254 g/mol. The number of carbonyl (C=O) groups is 1. The SMILES string of the molecule is COC(=O)c1ccc(-c2cc(F)cc(Cl)c2)o1. The fourth-order valence-electron chi connectivity index (χ4n) is 1.40. The number of carbonyl (C=O) groups excluding carboxylic acids is 1. The van der Waals surface area contributed by atoms with Crippen LogP contribution in [0.2, 0.25) is 5.02 Å². The molecule has 0 saturated carbocycles. The molecule has 0 spiro atoms. The van der Waals surface area contributed by atoms with Gasteiger partial charge in [-0.25, -0.2) is 9.18 Å². The second-order valence-corrected chi connectivity index (χ2v) is 3.75. The highest BCUT2D eigenvalue weighted by atomic mass is 35.5. The summed E-state index contributed by atoms with van der Waals surface area (Å²) in [6.07, 6.45) is 0. The van der Waals surface area contributed by atoms with Gasteiger partial charge in [0.05, 0.1) is 7.11 Å². The second kappa shape index (κ2) is 4.59. The van der Waals surface area contributed by atoms with Gasteiger partial charge in [-0.15, -0.1) is 0 Å². The van der Waals surface area contributed by atoms with Gasteiger partial charge in [0, 0.05) is 10.6 Å². The Kier molecular flexibility index (Phi) is 3.15. The average molecular weight is 255 g/mol. The van der Waals surface area contributed by atoms with Crippen molar-refractivity contribution in [1.82, 2.24) is 0 Å². The van der Waals surface area contributed by atoms with Gasteiger partial charge in [0.25, 0.3) is 0 Å². The van der Waals surface area contributed by atoms with Crippen LogP contribution in [0, 0.1) is 5.82 Å². The van der Waals surface area contributed by atoms with E-state index < -0.39 is 11.8 Å². The van der Waals surface area contributed by atoms with Gasteiger partial charge >= 0.3 is 5.97 Å². The number of ether oxygens (including phenoxy) is 1. The van der Waals surface area contributed by atoms with Crippen molar-refractivity contribution in [1.29, 1.82) is 0 Å². The van der Waals surface area contributed by atoms with Crippen molar-refractivity contribution in [2.24, 2.45) is 0 Å². The van der Waals surface area contributed by atoms with Crippen molar-refractivity contribution in [3.63, 3.8) is 0 Å². The summed E-state index contributed by atoms with van der Waals surface area (Å²) in [7, 11) is 1.25. The molecule has 0 bridgehead atoms. The molecule has 0 radical (unpaired) electrons. The molecule has 3 nitrogen and oxygen atoms in total. The van der Waals surface area contributed by atoms with Crippen molar-refractivity contribution in [3.8, 4) is 11.3 Å². The number of furan rings is 1. The van der Waals surface area contributed by atoms with Crippen LogP contribution in [0.5, 0.6) is 0 Å². The first-order valence-electron chi connectivity index (χ1n) is 4.75. The summed E-state index contributed by atoms with van der Waals surface area (Å²) in [6, 6.07) is 7.02. The number of methoxy groups -OCH3 is 1. The van der Waals surface area contributed by atoms with E-state index in [4.69, 9.17) is 16.0 Å². The summed E-state index contributed by atoms with van der Waals surface area (Å²) in [5.41, 5.74) is 0.463. The molecule has 17 heavy (non-hydrogen) atoms. The standard InChI is InChI=1S/C12H8ClFO3/c1-16-12(15)11-3-2-10(17-11)7-4-8(13)6-9(14)5-7/h2-6H,1H3. The lowest BCUT2D eigenvalue weighted by Crippen LogP contribution is -1.98. The molecule has 0 fully saturated rings. The third kappa shape index (κ3) is 2.47. The summed E-state index contributed by atoms with van der Waals surface area (Å²) in [5.74, 6) is -0.642. The number of benzene rings is 1. The molecule has 1 aromatic heterocycles. The minimum atomic E-state index is -0.584. The topological polar surface area (TPSA) is 39.4 Å². The van der Waals surface area contributed by atoms with Gasteiger partial charge in [0.15, 0.2) is 0 Å². The molecule has 0 aliphatic rings. The minimum Gasteiger partial charge on any atom is -0.463 e.